The fourth-order valence-corrected chi connectivity index (χ4v) is 1.19. The van der Waals surface area contributed by atoms with Crippen LogP contribution in [0.3, 0.4) is 0 Å². The molecule has 2 nitrogen and oxygen atoms in total. The number of carbonyl (C=O) groups is 1. The lowest BCUT2D eigenvalue weighted by molar-refractivity contribution is 0.105. The van der Waals surface area contributed by atoms with Crippen LogP contribution in [-0.4, -0.2) is 12.3 Å². The van der Waals surface area contributed by atoms with Crippen LogP contribution >= 0.6 is 0 Å². The van der Waals surface area contributed by atoms with Gasteiger partial charge < -0.3 is 5.73 Å². The normalized spacial score (nSPS) is 9.23. The van der Waals surface area contributed by atoms with E-state index in [-0.39, 0.29) is 5.78 Å². The first-order valence-electron chi connectivity index (χ1n) is 4.08. The van der Waals surface area contributed by atoms with Crippen molar-refractivity contribution in [3.05, 3.63) is 35.4 Å². The molecule has 2 N–H and O–H groups in total. The van der Waals surface area contributed by atoms with Gasteiger partial charge in [0.2, 0.25) is 5.78 Å². The summed E-state index contributed by atoms with van der Waals surface area (Å²) in [7, 11) is 0. The molecule has 0 atom stereocenters. The highest BCUT2D eigenvalue weighted by molar-refractivity contribution is 6.09. The summed E-state index contributed by atoms with van der Waals surface area (Å²) in [6, 6.07) is 7.27. The van der Waals surface area contributed by atoms with Crippen molar-refractivity contribution >= 4 is 5.78 Å². The van der Waals surface area contributed by atoms with Crippen LogP contribution in [0.15, 0.2) is 24.3 Å². The lowest BCUT2D eigenvalue weighted by Gasteiger charge is -2.03. The van der Waals surface area contributed by atoms with Crippen molar-refractivity contribution < 1.29 is 4.79 Å². The second-order valence-electron chi connectivity index (χ2n) is 2.67. The van der Waals surface area contributed by atoms with Crippen LogP contribution < -0.4 is 5.73 Å². The maximum atomic E-state index is 11.2. The van der Waals surface area contributed by atoms with Gasteiger partial charge in [-0.1, -0.05) is 24.3 Å². The van der Waals surface area contributed by atoms with Crippen molar-refractivity contribution in [3.8, 4) is 12.3 Å². The van der Waals surface area contributed by atoms with E-state index in [1.165, 1.54) is 0 Å². The topological polar surface area (TPSA) is 43.1 Å². The monoisotopic (exact) mass is 173 g/mol. The quantitative estimate of drug-likeness (QED) is 0.421. The van der Waals surface area contributed by atoms with Crippen molar-refractivity contribution in [3.63, 3.8) is 0 Å². The molecular weight excluding hydrogens is 162 g/mol. The number of benzene rings is 1. The molecule has 1 rings (SSSR count). The van der Waals surface area contributed by atoms with Gasteiger partial charge in [-0.25, -0.2) is 0 Å². The second-order valence-corrected chi connectivity index (χ2v) is 2.67. The van der Waals surface area contributed by atoms with E-state index in [4.69, 9.17) is 12.2 Å². The van der Waals surface area contributed by atoms with E-state index >= 15 is 0 Å². The van der Waals surface area contributed by atoms with Gasteiger partial charge >= 0.3 is 0 Å². The molecule has 66 valence electrons. The predicted octanol–water partition coefficient (Wildman–Crippen LogP) is 1.00. The Morgan fingerprint density at radius 1 is 1.46 bits per heavy atom. The van der Waals surface area contributed by atoms with Crippen molar-refractivity contribution in [1.82, 2.24) is 0 Å². The van der Waals surface area contributed by atoms with E-state index in [0.717, 1.165) is 5.56 Å². The zero-order valence-corrected chi connectivity index (χ0v) is 7.29. The smallest absolute Gasteiger partial charge is 0.235 e. The third kappa shape index (κ3) is 2.17. The largest absolute Gasteiger partial charge is 0.330 e. The molecule has 0 aliphatic carbocycles. The minimum Gasteiger partial charge on any atom is -0.330 e. The number of ketones is 1. The molecule has 0 aliphatic rings. The van der Waals surface area contributed by atoms with E-state index < -0.39 is 0 Å². The van der Waals surface area contributed by atoms with E-state index in [9.17, 15) is 4.79 Å². The fourth-order valence-electron chi connectivity index (χ4n) is 1.19. The first kappa shape index (κ1) is 9.50. The molecule has 1 aromatic rings. The maximum Gasteiger partial charge on any atom is 0.235 e. The lowest BCUT2D eigenvalue weighted by atomic mass is 10.0. The SMILES string of the molecule is C#CC(=O)c1ccccc1CCN. The fraction of sp³-hybridized carbons (Fsp3) is 0.182. The van der Waals surface area contributed by atoms with E-state index in [0.29, 0.717) is 18.5 Å². The highest BCUT2D eigenvalue weighted by atomic mass is 16.1. The van der Waals surface area contributed by atoms with Gasteiger partial charge in [0, 0.05) is 5.56 Å². The molecule has 0 saturated heterocycles. The standard InChI is InChI=1S/C11H11NO/c1-2-11(13)10-6-4-3-5-9(10)7-8-12/h1,3-6H,7-8,12H2. The molecule has 1 aromatic carbocycles. The first-order chi connectivity index (χ1) is 6.29. The molecule has 0 aliphatic heterocycles. The molecule has 13 heavy (non-hydrogen) atoms. The van der Waals surface area contributed by atoms with Gasteiger partial charge in [-0.15, -0.1) is 6.42 Å². The van der Waals surface area contributed by atoms with Gasteiger partial charge in [0.05, 0.1) is 0 Å². The Morgan fingerprint density at radius 3 is 2.77 bits per heavy atom. The lowest BCUT2D eigenvalue weighted by Crippen LogP contribution is -2.07. The molecule has 0 unspecified atom stereocenters. The summed E-state index contributed by atoms with van der Waals surface area (Å²) in [6.45, 7) is 0.523. The summed E-state index contributed by atoms with van der Waals surface area (Å²) in [6.07, 6.45) is 5.72. The summed E-state index contributed by atoms with van der Waals surface area (Å²) in [5, 5.41) is 0. The summed E-state index contributed by atoms with van der Waals surface area (Å²) < 4.78 is 0. The summed E-state index contributed by atoms with van der Waals surface area (Å²) in [4.78, 5) is 11.2. The minimum atomic E-state index is -0.274. The Balaban J connectivity index is 3.06. The van der Waals surface area contributed by atoms with Crippen LogP contribution in [0, 0.1) is 12.3 Å². The third-order valence-electron chi connectivity index (χ3n) is 1.81. The van der Waals surface area contributed by atoms with Crippen LogP contribution in [0.5, 0.6) is 0 Å². The van der Waals surface area contributed by atoms with Crippen molar-refractivity contribution in [2.24, 2.45) is 5.73 Å². The maximum absolute atomic E-state index is 11.2. The number of rotatable bonds is 3. The number of terminal acetylenes is 1. The summed E-state index contributed by atoms with van der Waals surface area (Å²) in [5.41, 5.74) is 6.93. The number of carbonyl (C=O) groups excluding carboxylic acids is 1. The first-order valence-corrected chi connectivity index (χ1v) is 4.08. The number of Topliss-reactive ketones (excluding diaryl/α,β-unsaturated/α-hetero) is 1. The molecule has 0 amide bonds. The van der Waals surface area contributed by atoms with Crippen molar-refractivity contribution in [1.29, 1.82) is 0 Å². The van der Waals surface area contributed by atoms with Crippen LogP contribution in [0.25, 0.3) is 0 Å². The predicted molar refractivity (Wildman–Crippen MR) is 52.4 cm³/mol. The Morgan fingerprint density at radius 2 is 2.15 bits per heavy atom. The van der Waals surface area contributed by atoms with E-state index in [1.807, 2.05) is 12.1 Å². The number of hydrogen-bond acceptors (Lipinski definition) is 2. The molecule has 0 fully saturated rings. The molecule has 0 radical (unpaired) electrons. The third-order valence-corrected chi connectivity index (χ3v) is 1.81. The zero-order valence-electron chi connectivity index (χ0n) is 7.29. The highest BCUT2D eigenvalue weighted by Gasteiger charge is 2.06. The van der Waals surface area contributed by atoms with Crippen LogP contribution in [0.1, 0.15) is 15.9 Å². The molecule has 0 aromatic heterocycles. The molecular formula is C11H11NO. The van der Waals surface area contributed by atoms with Gasteiger partial charge in [-0.05, 0) is 24.4 Å². The summed E-state index contributed by atoms with van der Waals surface area (Å²) in [5.74, 6) is 1.83. The van der Waals surface area contributed by atoms with Gasteiger partial charge in [0.15, 0.2) is 0 Å². The molecule has 0 spiro atoms. The van der Waals surface area contributed by atoms with Crippen molar-refractivity contribution in [2.45, 2.75) is 6.42 Å². The Hall–Kier alpha value is -1.59. The van der Waals surface area contributed by atoms with Gasteiger partial charge in [-0.3, -0.25) is 4.79 Å². The molecule has 0 bridgehead atoms. The minimum absolute atomic E-state index is 0.274. The van der Waals surface area contributed by atoms with Crippen LogP contribution in [0.4, 0.5) is 0 Å². The second kappa shape index (κ2) is 4.44. The number of hydrogen-bond donors (Lipinski definition) is 1. The molecule has 0 heterocycles. The van der Waals surface area contributed by atoms with Crippen LogP contribution in [-0.2, 0) is 6.42 Å². The van der Waals surface area contributed by atoms with Crippen LogP contribution in [0.2, 0.25) is 0 Å². The highest BCUT2D eigenvalue weighted by Crippen LogP contribution is 2.09. The van der Waals surface area contributed by atoms with E-state index in [1.54, 1.807) is 12.1 Å². The Bertz CT molecular complexity index is 349. The molecule has 2 heteroatoms. The van der Waals surface area contributed by atoms with Gasteiger partial charge in [0.25, 0.3) is 0 Å². The average molecular weight is 173 g/mol. The average Bonchev–Trinajstić information content (AvgIpc) is 2.18. The number of nitrogens with two attached hydrogens (primary N) is 1. The Kier molecular flexibility index (Phi) is 3.24. The van der Waals surface area contributed by atoms with Gasteiger partial charge in [0.1, 0.15) is 0 Å². The van der Waals surface area contributed by atoms with Crippen molar-refractivity contribution in [2.75, 3.05) is 6.54 Å². The van der Waals surface area contributed by atoms with E-state index in [2.05, 4.69) is 5.92 Å². The van der Waals surface area contributed by atoms with Gasteiger partial charge in [-0.2, -0.15) is 0 Å². The molecule has 0 saturated carbocycles. The Labute approximate surface area is 77.8 Å². The zero-order chi connectivity index (χ0) is 9.68. The summed E-state index contributed by atoms with van der Waals surface area (Å²) >= 11 is 0.